The van der Waals surface area contributed by atoms with E-state index in [0.29, 0.717) is 19.7 Å². The third-order valence-corrected chi connectivity index (χ3v) is 4.47. The van der Waals surface area contributed by atoms with E-state index < -0.39 is 0 Å². The zero-order valence-corrected chi connectivity index (χ0v) is 15.9. The quantitative estimate of drug-likeness (QED) is 0.621. The van der Waals surface area contributed by atoms with Crippen LogP contribution in [0, 0.1) is 6.92 Å². The second kappa shape index (κ2) is 9.07. The van der Waals surface area contributed by atoms with Crippen LogP contribution in [0.5, 0.6) is 5.75 Å². The number of ether oxygens (including phenoxy) is 1. The number of rotatable bonds is 8. The maximum atomic E-state index is 12.2. The molecule has 0 aliphatic rings. The van der Waals surface area contributed by atoms with Crippen molar-refractivity contribution in [1.82, 2.24) is 19.8 Å². The Morgan fingerprint density at radius 2 is 1.89 bits per heavy atom. The number of para-hydroxylation sites is 3. The molecule has 6 nitrogen and oxygen atoms in total. The Bertz CT molecular complexity index is 876. The highest BCUT2D eigenvalue weighted by molar-refractivity contribution is 5.76. The van der Waals surface area contributed by atoms with Gasteiger partial charge in [-0.2, -0.15) is 0 Å². The van der Waals surface area contributed by atoms with Crippen LogP contribution in [0.15, 0.2) is 54.6 Å². The van der Waals surface area contributed by atoms with Gasteiger partial charge in [-0.15, -0.1) is 0 Å². The van der Waals surface area contributed by atoms with Gasteiger partial charge in [0.15, 0.2) is 0 Å². The van der Waals surface area contributed by atoms with Gasteiger partial charge in [0.2, 0.25) is 0 Å². The van der Waals surface area contributed by atoms with Crippen molar-refractivity contribution in [2.45, 2.75) is 19.9 Å². The number of fused-ring (bicyclic) bond motifs is 1. The third-order valence-electron chi connectivity index (χ3n) is 4.47. The summed E-state index contributed by atoms with van der Waals surface area (Å²) in [4.78, 5) is 18.4. The molecular formula is C21H26N4O2. The van der Waals surface area contributed by atoms with E-state index in [4.69, 9.17) is 4.74 Å². The van der Waals surface area contributed by atoms with Crippen molar-refractivity contribution in [1.29, 1.82) is 0 Å². The van der Waals surface area contributed by atoms with E-state index in [1.54, 1.807) is 11.9 Å². The normalized spacial score (nSPS) is 10.7. The Labute approximate surface area is 159 Å². The zero-order valence-electron chi connectivity index (χ0n) is 15.9. The fourth-order valence-corrected chi connectivity index (χ4v) is 2.96. The van der Waals surface area contributed by atoms with E-state index in [-0.39, 0.29) is 6.03 Å². The van der Waals surface area contributed by atoms with Gasteiger partial charge in [-0.1, -0.05) is 30.3 Å². The minimum atomic E-state index is -0.0844. The van der Waals surface area contributed by atoms with Crippen LogP contribution >= 0.6 is 0 Å². The molecule has 0 unspecified atom stereocenters. The van der Waals surface area contributed by atoms with Crippen LogP contribution in [0.3, 0.4) is 0 Å². The Morgan fingerprint density at radius 1 is 1.15 bits per heavy atom. The lowest BCUT2D eigenvalue weighted by atomic mass is 10.3. The monoisotopic (exact) mass is 366 g/mol. The summed E-state index contributed by atoms with van der Waals surface area (Å²) in [6.07, 6.45) is 0.849. The molecule has 0 saturated heterocycles. The van der Waals surface area contributed by atoms with Crippen molar-refractivity contribution in [2.75, 3.05) is 26.7 Å². The highest BCUT2D eigenvalue weighted by atomic mass is 16.5. The minimum absolute atomic E-state index is 0.0844. The fourth-order valence-electron chi connectivity index (χ4n) is 2.96. The average molecular weight is 366 g/mol. The van der Waals surface area contributed by atoms with Crippen LogP contribution in [0.25, 0.3) is 11.0 Å². The molecule has 0 bridgehead atoms. The largest absolute Gasteiger partial charge is 0.492 e. The molecule has 27 heavy (non-hydrogen) atoms. The molecule has 1 heterocycles. The number of carbonyl (C=O) groups excluding carboxylic acids is 1. The molecule has 0 fully saturated rings. The maximum Gasteiger partial charge on any atom is 0.317 e. The highest BCUT2D eigenvalue weighted by Gasteiger charge is 2.09. The number of urea groups is 1. The molecule has 1 aromatic heterocycles. The lowest BCUT2D eigenvalue weighted by Gasteiger charge is -2.18. The summed E-state index contributed by atoms with van der Waals surface area (Å²) in [6, 6.07) is 17.6. The van der Waals surface area contributed by atoms with E-state index in [1.807, 2.05) is 55.5 Å². The SMILES string of the molecule is Cc1nc2ccccc2n1CCCNC(=O)N(C)CCOc1ccccc1. The van der Waals surface area contributed by atoms with E-state index in [0.717, 1.165) is 35.6 Å². The Balaban J connectivity index is 1.38. The molecule has 3 aromatic rings. The molecule has 2 aromatic carbocycles. The summed E-state index contributed by atoms with van der Waals surface area (Å²) < 4.78 is 7.82. The average Bonchev–Trinajstić information content (AvgIpc) is 3.01. The van der Waals surface area contributed by atoms with E-state index >= 15 is 0 Å². The summed E-state index contributed by atoms with van der Waals surface area (Å²) in [5, 5.41) is 2.96. The van der Waals surface area contributed by atoms with Crippen molar-refractivity contribution >= 4 is 17.1 Å². The molecule has 0 atom stereocenters. The van der Waals surface area contributed by atoms with Crippen LogP contribution in [-0.4, -0.2) is 47.2 Å². The van der Waals surface area contributed by atoms with Crippen LogP contribution in [0.4, 0.5) is 4.79 Å². The van der Waals surface area contributed by atoms with E-state index in [1.165, 1.54) is 0 Å². The third kappa shape index (κ3) is 5.00. The molecular weight excluding hydrogens is 340 g/mol. The first-order valence-electron chi connectivity index (χ1n) is 9.24. The van der Waals surface area contributed by atoms with Crippen molar-refractivity contribution < 1.29 is 9.53 Å². The van der Waals surface area contributed by atoms with Crippen molar-refractivity contribution in [3.05, 3.63) is 60.4 Å². The predicted molar refractivity (Wildman–Crippen MR) is 107 cm³/mol. The highest BCUT2D eigenvalue weighted by Crippen LogP contribution is 2.15. The summed E-state index contributed by atoms with van der Waals surface area (Å²) in [7, 11) is 1.78. The number of amides is 2. The number of nitrogens with one attached hydrogen (secondary N) is 1. The van der Waals surface area contributed by atoms with E-state index in [2.05, 4.69) is 20.9 Å². The van der Waals surface area contributed by atoms with Gasteiger partial charge in [0.1, 0.15) is 18.2 Å². The number of carbonyl (C=O) groups is 1. The van der Waals surface area contributed by atoms with Crippen LogP contribution in [-0.2, 0) is 6.54 Å². The molecule has 6 heteroatoms. The topological polar surface area (TPSA) is 59.4 Å². The van der Waals surface area contributed by atoms with Gasteiger partial charge < -0.3 is 19.5 Å². The second-order valence-electron chi connectivity index (χ2n) is 6.47. The molecule has 0 spiro atoms. The van der Waals surface area contributed by atoms with E-state index in [9.17, 15) is 4.79 Å². The van der Waals surface area contributed by atoms with Gasteiger partial charge in [0.25, 0.3) is 0 Å². The number of likely N-dealkylation sites (N-methyl/N-ethyl adjacent to an activating group) is 1. The Kier molecular flexibility index (Phi) is 6.30. The molecule has 0 aliphatic heterocycles. The van der Waals surface area contributed by atoms with Gasteiger partial charge >= 0.3 is 6.03 Å². The molecule has 0 radical (unpaired) electrons. The Morgan fingerprint density at radius 3 is 2.70 bits per heavy atom. The lowest BCUT2D eigenvalue weighted by Crippen LogP contribution is -2.39. The van der Waals surface area contributed by atoms with Crippen LogP contribution < -0.4 is 10.1 Å². The van der Waals surface area contributed by atoms with Gasteiger partial charge in [0, 0.05) is 20.1 Å². The number of nitrogens with zero attached hydrogens (tertiary/aromatic N) is 3. The number of benzene rings is 2. The molecule has 0 aliphatic carbocycles. The molecule has 2 amide bonds. The summed E-state index contributed by atoms with van der Waals surface area (Å²) in [5.41, 5.74) is 2.15. The fraction of sp³-hybridized carbons (Fsp3) is 0.333. The number of aryl methyl sites for hydroxylation is 2. The number of hydrogen-bond acceptors (Lipinski definition) is 3. The maximum absolute atomic E-state index is 12.2. The molecule has 0 saturated carbocycles. The summed E-state index contributed by atoms with van der Waals surface area (Å²) in [5.74, 6) is 1.81. The minimum Gasteiger partial charge on any atom is -0.492 e. The zero-order chi connectivity index (χ0) is 19.1. The number of imidazole rings is 1. The lowest BCUT2D eigenvalue weighted by molar-refractivity contribution is 0.195. The van der Waals surface area contributed by atoms with Gasteiger partial charge in [-0.25, -0.2) is 9.78 Å². The smallest absolute Gasteiger partial charge is 0.317 e. The first-order valence-corrected chi connectivity index (χ1v) is 9.24. The Hall–Kier alpha value is -3.02. The van der Waals surface area contributed by atoms with Crippen molar-refractivity contribution in [3.63, 3.8) is 0 Å². The molecule has 1 N–H and O–H groups in total. The first kappa shape index (κ1) is 18.8. The molecule has 3 rings (SSSR count). The second-order valence-corrected chi connectivity index (χ2v) is 6.47. The van der Waals surface area contributed by atoms with Crippen molar-refractivity contribution in [2.24, 2.45) is 0 Å². The number of aromatic nitrogens is 2. The standard InChI is InChI=1S/C21H26N4O2/c1-17-23-19-11-6-7-12-20(19)25(17)14-8-13-22-21(26)24(2)15-16-27-18-9-4-3-5-10-18/h3-7,9-12H,8,13-16H2,1-2H3,(H,22,26). The first-order chi connectivity index (χ1) is 13.1. The number of hydrogen-bond donors (Lipinski definition) is 1. The van der Waals surface area contributed by atoms with Gasteiger partial charge in [-0.3, -0.25) is 0 Å². The van der Waals surface area contributed by atoms with Crippen LogP contribution in [0.2, 0.25) is 0 Å². The summed E-state index contributed by atoms with van der Waals surface area (Å²) in [6.45, 7) is 4.46. The van der Waals surface area contributed by atoms with Crippen LogP contribution in [0.1, 0.15) is 12.2 Å². The van der Waals surface area contributed by atoms with Gasteiger partial charge in [-0.05, 0) is 37.6 Å². The summed E-state index contributed by atoms with van der Waals surface area (Å²) >= 11 is 0. The van der Waals surface area contributed by atoms with Gasteiger partial charge in [0.05, 0.1) is 17.6 Å². The van der Waals surface area contributed by atoms with Crippen molar-refractivity contribution in [3.8, 4) is 5.75 Å². The molecule has 142 valence electrons. The predicted octanol–water partition coefficient (Wildman–Crippen LogP) is 3.46.